The minimum atomic E-state index is -0.524. The molecule has 0 bridgehead atoms. The first-order valence-electron chi connectivity index (χ1n) is 11.8. The lowest BCUT2D eigenvalue weighted by molar-refractivity contribution is -0.135. The number of methoxy groups -OCH3 is 5. The standard InChI is InChI=1S/C29H26O9/c1-32-19-8-6-15(10-22(19)34-3)11-25-28(31)16-7-9-20-27(29(16)38-25)18(13-26(30)37-20)17-12-23(35-4)24(36-5)14-21(17)33-2/h6-12,14,18H,13H2,1-5H3/b25-11-. The van der Waals surface area contributed by atoms with Gasteiger partial charge in [-0.05, 0) is 42.0 Å². The fourth-order valence-electron chi connectivity index (χ4n) is 4.79. The molecule has 0 amide bonds. The summed E-state index contributed by atoms with van der Waals surface area (Å²) in [6.45, 7) is 0. The van der Waals surface area contributed by atoms with E-state index in [0.717, 1.165) is 0 Å². The first-order valence-corrected chi connectivity index (χ1v) is 11.8. The van der Waals surface area contributed by atoms with Gasteiger partial charge >= 0.3 is 5.97 Å². The lowest BCUT2D eigenvalue weighted by atomic mass is 9.84. The molecular formula is C29H26O9. The minimum Gasteiger partial charge on any atom is -0.496 e. The second-order valence-electron chi connectivity index (χ2n) is 8.59. The van der Waals surface area contributed by atoms with Crippen LogP contribution in [0.1, 0.15) is 39.4 Å². The maximum atomic E-state index is 13.4. The first kappa shape index (κ1) is 25.0. The van der Waals surface area contributed by atoms with E-state index in [4.69, 9.17) is 33.2 Å². The molecule has 196 valence electrons. The van der Waals surface area contributed by atoms with Crippen LogP contribution in [0.4, 0.5) is 0 Å². The highest BCUT2D eigenvalue weighted by molar-refractivity contribution is 6.15. The molecule has 2 aliphatic rings. The van der Waals surface area contributed by atoms with Gasteiger partial charge in [0.1, 0.15) is 17.2 Å². The molecule has 5 rings (SSSR count). The smallest absolute Gasteiger partial charge is 0.312 e. The van der Waals surface area contributed by atoms with Gasteiger partial charge in [-0.1, -0.05) is 6.07 Å². The number of esters is 1. The van der Waals surface area contributed by atoms with Crippen LogP contribution in [0.2, 0.25) is 0 Å². The van der Waals surface area contributed by atoms with E-state index < -0.39 is 11.9 Å². The minimum absolute atomic E-state index is 0.0154. The second kappa shape index (κ2) is 10.0. The molecule has 0 aromatic heterocycles. The fraction of sp³-hybridized carbons (Fsp3) is 0.241. The van der Waals surface area contributed by atoms with E-state index in [9.17, 15) is 9.59 Å². The van der Waals surface area contributed by atoms with Crippen molar-refractivity contribution in [1.82, 2.24) is 0 Å². The Morgan fingerprint density at radius 1 is 0.737 bits per heavy atom. The number of carbonyl (C=O) groups excluding carboxylic acids is 2. The number of fused-ring (bicyclic) bond motifs is 3. The Morgan fingerprint density at radius 2 is 1.39 bits per heavy atom. The van der Waals surface area contributed by atoms with E-state index in [-0.39, 0.29) is 18.0 Å². The predicted octanol–water partition coefficient (Wildman–Crippen LogP) is 4.79. The molecule has 0 saturated carbocycles. The zero-order chi connectivity index (χ0) is 27.0. The van der Waals surface area contributed by atoms with Gasteiger partial charge in [0, 0.05) is 23.1 Å². The van der Waals surface area contributed by atoms with E-state index in [1.807, 2.05) is 0 Å². The summed E-state index contributed by atoms with van der Waals surface area (Å²) in [5, 5.41) is 0. The quantitative estimate of drug-likeness (QED) is 0.248. The number of allylic oxidation sites excluding steroid dienone is 1. The van der Waals surface area contributed by atoms with E-state index in [0.29, 0.717) is 62.5 Å². The van der Waals surface area contributed by atoms with Crippen LogP contribution in [0.5, 0.6) is 40.2 Å². The predicted molar refractivity (Wildman–Crippen MR) is 137 cm³/mol. The zero-order valence-electron chi connectivity index (χ0n) is 21.6. The van der Waals surface area contributed by atoms with Crippen LogP contribution in [0, 0.1) is 0 Å². The molecule has 3 aromatic carbocycles. The largest absolute Gasteiger partial charge is 0.496 e. The van der Waals surface area contributed by atoms with E-state index in [1.165, 1.54) is 28.4 Å². The Kier molecular flexibility index (Phi) is 6.59. The second-order valence-corrected chi connectivity index (χ2v) is 8.59. The Hall–Kier alpha value is -4.66. The summed E-state index contributed by atoms with van der Waals surface area (Å²) in [7, 11) is 7.69. The molecule has 9 heteroatoms. The van der Waals surface area contributed by atoms with Crippen LogP contribution in [-0.2, 0) is 4.79 Å². The summed E-state index contributed by atoms with van der Waals surface area (Å²) in [6.07, 6.45) is 1.65. The van der Waals surface area contributed by atoms with Gasteiger partial charge in [-0.3, -0.25) is 9.59 Å². The van der Waals surface area contributed by atoms with Gasteiger partial charge in [0.2, 0.25) is 5.78 Å². The Morgan fingerprint density at radius 3 is 2.08 bits per heavy atom. The summed E-state index contributed by atoms with van der Waals surface area (Å²) >= 11 is 0. The summed E-state index contributed by atoms with van der Waals surface area (Å²) in [6, 6.07) is 12.0. The Labute approximate surface area is 219 Å². The van der Waals surface area contributed by atoms with Crippen molar-refractivity contribution in [2.75, 3.05) is 35.5 Å². The third-order valence-corrected chi connectivity index (χ3v) is 6.60. The van der Waals surface area contributed by atoms with Crippen molar-refractivity contribution in [2.24, 2.45) is 0 Å². The maximum absolute atomic E-state index is 13.4. The van der Waals surface area contributed by atoms with Crippen molar-refractivity contribution in [3.05, 3.63) is 70.5 Å². The van der Waals surface area contributed by atoms with Crippen molar-refractivity contribution < 1.29 is 42.7 Å². The molecule has 0 fully saturated rings. The average Bonchev–Trinajstić information content (AvgIpc) is 3.26. The van der Waals surface area contributed by atoms with Crippen LogP contribution in [0.25, 0.3) is 6.08 Å². The number of ether oxygens (including phenoxy) is 7. The van der Waals surface area contributed by atoms with Crippen LogP contribution in [0.3, 0.4) is 0 Å². The molecule has 1 unspecified atom stereocenters. The Balaban J connectivity index is 1.62. The van der Waals surface area contributed by atoms with Crippen molar-refractivity contribution in [3.8, 4) is 40.2 Å². The van der Waals surface area contributed by atoms with Gasteiger partial charge in [0.15, 0.2) is 28.8 Å². The lowest BCUT2D eigenvalue weighted by Crippen LogP contribution is -2.22. The van der Waals surface area contributed by atoms with Gasteiger partial charge in [-0.25, -0.2) is 0 Å². The molecule has 1 atom stereocenters. The van der Waals surface area contributed by atoms with Crippen molar-refractivity contribution >= 4 is 17.8 Å². The van der Waals surface area contributed by atoms with Gasteiger partial charge in [-0.2, -0.15) is 0 Å². The van der Waals surface area contributed by atoms with E-state index in [1.54, 1.807) is 55.7 Å². The third kappa shape index (κ3) is 4.15. The molecule has 2 heterocycles. The van der Waals surface area contributed by atoms with Crippen LogP contribution < -0.4 is 33.2 Å². The summed E-state index contributed by atoms with van der Waals surface area (Å²) in [5.41, 5.74) is 2.32. The zero-order valence-corrected chi connectivity index (χ0v) is 21.6. The highest BCUT2D eigenvalue weighted by atomic mass is 16.5. The third-order valence-electron chi connectivity index (χ3n) is 6.60. The molecule has 0 saturated heterocycles. The molecular weight excluding hydrogens is 492 g/mol. The monoisotopic (exact) mass is 518 g/mol. The van der Waals surface area contributed by atoms with Crippen molar-refractivity contribution in [1.29, 1.82) is 0 Å². The Bertz CT molecular complexity index is 1470. The summed E-state index contributed by atoms with van der Waals surface area (Å²) in [4.78, 5) is 26.0. The van der Waals surface area contributed by atoms with Crippen LogP contribution >= 0.6 is 0 Å². The lowest BCUT2D eigenvalue weighted by Gasteiger charge is -2.28. The van der Waals surface area contributed by atoms with Gasteiger partial charge in [-0.15, -0.1) is 0 Å². The topological polar surface area (TPSA) is 98.8 Å². The molecule has 38 heavy (non-hydrogen) atoms. The molecule has 3 aromatic rings. The normalized spacial score (nSPS) is 16.8. The van der Waals surface area contributed by atoms with Crippen LogP contribution in [-0.4, -0.2) is 47.3 Å². The maximum Gasteiger partial charge on any atom is 0.312 e. The summed E-state index contributed by atoms with van der Waals surface area (Å²) < 4.78 is 38.9. The van der Waals surface area contributed by atoms with E-state index in [2.05, 4.69) is 0 Å². The number of ketones is 1. The number of benzene rings is 3. The molecule has 0 aliphatic carbocycles. The van der Waals surface area contributed by atoms with Crippen molar-refractivity contribution in [2.45, 2.75) is 12.3 Å². The molecule has 0 N–H and O–H groups in total. The van der Waals surface area contributed by atoms with E-state index >= 15 is 0 Å². The molecule has 9 nitrogen and oxygen atoms in total. The molecule has 0 spiro atoms. The number of carbonyl (C=O) groups is 2. The van der Waals surface area contributed by atoms with Crippen molar-refractivity contribution in [3.63, 3.8) is 0 Å². The number of hydrogen-bond donors (Lipinski definition) is 0. The fourth-order valence-corrected chi connectivity index (χ4v) is 4.79. The number of rotatable bonds is 7. The first-order chi connectivity index (χ1) is 18.4. The molecule has 0 radical (unpaired) electrons. The van der Waals surface area contributed by atoms with Crippen LogP contribution in [0.15, 0.2) is 48.2 Å². The highest BCUT2D eigenvalue weighted by Crippen LogP contribution is 2.52. The molecule has 2 aliphatic heterocycles. The SMILES string of the molecule is COc1ccc(/C=C2\Oc3c(ccc4c3C(c3cc(OC)c(OC)cc3OC)CC(=O)O4)C2=O)cc1OC. The highest BCUT2D eigenvalue weighted by Gasteiger charge is 2.39. The average molecular weight is 519 g/mol. The summed E-state index contributed by atoms with van der Waals surface area (Å²) in [5.74, 6) is 2.12. The van der Waals surface area contributed by atoms with Gasteiger partial charge < -0.3 is 33.2 Å². The van der Waals surface area contributed by atoms with Gasteiger partial charge in [0.25, 0.3) is 0 Å². The van der Waals surface area contributed by atoms with Gasteiger partial charge in [0.05, 0.1) is 47.5 Å². The number of hydrogen-bond acceptors (Lipinski definition) is 9. The number of Topliss-reactive ketones (excluding diaryl/α,β-unsaturated/α-hetero) is 1.